The van der Waals surface area contributed by atoms with Crippen molar-refractivity contribution >= 4 is 51.8 Å². The van der Waals surface area contributed by atoms with Gasteiger partial charge in [-0.25, -0.2) is 4.98 Å². The minimum absolute atomic E-state index is 0.0138. The number of imide groups is 2. The molecule has 6 heterocycles. The van der Waals surface area contributed by atoms with Crippen molar-refractivity contribution in [2.75, 3.05) is 55.6 Å². The molecule has 5 aromatic rings. The Morgan fingerprint density at radius 3 is 2.30 bits per heavy atom. The van der Waals surface area contributed by atoms with Crippen molar-refractivity contribution in [3.8, 4) is 22.6 Å². The zero-order valence-corrected chi connectivity index (χ0v) is 31.6. The molecule has 56 heavy (non-hydrogen) atoms. The number of piperidine rings is 2. The Hall–Kier alpha value is -6.08. The lowest BCUT2D eigenvalue weighted by Gasteiger charge is -2.40. The Balaban J connectivity index is 0.823. The average molecular weight is 753 g/mol. The number of piperazine rings is 1. The molecule has 4 amide bonds. The van der Waals surface area contributed by atoms with E-state index in [1.807, 2.05) is 43.3 Å². The van der Waals surface area contributed by atoms with E-state index in [-0.39, 0.29) is 24.5 Å². The van der Waals surface area contributed by atoms with Gasteiger partial charge in [-0.1, -0.05) is 36.4 Å². The van der Waals surface area contributed by atoms with Crippen molar-refractivity contribution in [1.82, 2.24) is 30.1 Å². The lowest BCUT2D eigenvalue weighted by atomic mass is 9.94. The molecule has 4 aliphatic rings. The molecular weight excluding hydrogens is 709 g/mol. The van der Waals surface area contributed by atoms with Crippen LogP contribution in [0.25, 0.3) is 33.7 Å². The summed E-state index contributed by atoms with van der Waals surface area (Å²) < 4.78 is 0. The molecule has 0 aliphatic carbocycles. The monoisotopic (exact) mass is 752 g/mol. The van der Waals surface area contributed by atoms with Crippen LogP contribution in [0.1, 0.15) is 69.4 Å². The van der Waals surface area contributed by atoms with Gasteiger partial charge in [0.1, 0.15) is 6.04 Å². The third kappa shape index (κ3) is 6.25. The fourth-order valence-electron chi connectivity index (χ4n) is 9.12. The Morgan fingerprint density at radius 2 is 1.57 bits per heavy atom. The van der Waals surface area contributed by atoms with Gasteiger partial charge in [-0.2, -0.15) is 0 Å². The SMILES string of the molecule is CC(=O)c1c(C)[nH]c(-c2nc3ccc(N4CCN(CC5CCN(c6cccc7c6C(=O)N(C6CCC(=O)NC6=O)C7=O)CC5)CC4)cc3[nH]2)c1-c1ccccc1. The van der Waals surface area contributed by atoms with Gasteiger partial charge in [0.2, 0.25) is 11.8 Å². The summed E-state index contributed by atoms with van der Waals surface area (Å²) in [6.45, 7) is 9.85. The molecule has 286 valence electrons. The van der Waals surface area contributed by atoms with Crippen LogP contribution >= 0.6 is 0 Å². The molecule has 3 N–H and O–H groups in total. The van der Waals surface area contributed by atoms with E-state index in [2.05, 4.69) is 48.2 Å². The number of aryl methyl sites for hydroxylation is 1. The number of nitrogens with one attached hydrogen (secondary N) is 3. The zero-order chi connectivity index (χ0) is 38.7. The van der Waals surface area contributed by atoms with Crippen LogP contribution in [0.15, 0.2) is 66.7 Å². The highest BCUT2D eigenvalue weighted by molar-refractivity contribution is 6.25. The van der Waals surface area contributed by atoms with E-state index >= 15 is 0 Å². The number of aromatic amines is 2. The molecule has 0 bridgehead atoms. The zero-order valence-electron chi connectivity index (χ0n) is 31.6. The fraction of sp³-hybridized carbons (Fsp3) is 0.349. The van der Waals surface area contributed by atoms with Crippen molar-refractivity contribution < 1.29 is 24.0 Å². The molecule has 2 aromatic heterocycles. The summed E-state index contributed by atoms with van der Waals surface area (Å²) in [5.74, 6) is -0.682. The minimum atomic E-state index is -0.976. The number of amides is 4. The minimum Gasteiger partial charge on any atom is -0.371 e. The van der Waals surface area contributed by atoms with Gasteiger partial charge in [-0.15, -0.1) is 0 Å². The third-order valence-corrected chi connectivity index (χ3v) is 12.0. The van der Waals surface area contributed by atoms with Gasteiger partial charge in [-0.05, 0) is 74.9 Å². The molecule has 3 aromatic carbocycles. The van der Waals surface area contributed by atoms with Crippen molar-refractivity contribution in [1.29, 1.82) is 0 Å². The summed E-state index contributed by atoms with van der Waals surface area (Å²) in [5, 5.41) is 2.27. The summed E-state index contributed by atoms with van der Waals surface area (Å²) in [7, 11) is 0. The molecule has 0 spiro atoms. The van der Waals surface area contributed by atoms with Crippen LogP contribution in [0, 0.1) is 12.8 Å². The van der Waals surface area contributed by atoms with Crippen LogP contribution in [-0.2, 0) is 9.59 Å². The van der Waals surface area contributed by atoms with E-state index in [0.29, 0.717) is 28.4 Å². The Bertz CT molecular complexity index is 2400. The average Bonchev–Trinajstić information content (AvgIpc) is 3.87. The Labute approximate surface area is 324 Å². The number of hydrogen-bond acceptors (Lipinski definition) is 9. The van der Waals surface area contributed by atoms with Gasteiger partial charge >= 0.3 is 0 Å². The van der Waals surface area contributed by atoms with E-state index in [4.69, 9.17) is 4.98 Å². The molecule has 13 nitrogen and oxygen atoms in total. The van der Waals surface area contributed by atoms with Crippen molar-refractivity contribution in [2.45, 2.75) is 45.6 Å². The molecule has 4 aliphatic heterocycles. The van der Waals surface area contributed by atoms with Gasteiger partial charge in [0.25, 0.3) is 11.8 Å². The summed E-state index contributed by atoms with van der Waals surface area (Å²) in [6.07, 6.45) is 2.18. The predicted octanol–water partition coefficient (Wildman–Crippen LogP) is 5.18. The first-order valence-electron chi connectivity index (χ1n) is 19.5. The van der Waals surface area contributed by atoms with E-state index in [9.17, 15) is 24.0 Å². The topological polar surface area (TPSA) is 155 Å². The number of imidazole rings is 1. The molecule has 0 radical (unpaired) electrons. The second kappa shape index (κ2) is 14.2. The van der Waals surface area contributed by atoms with Crippen molar-refractivity contribution in [3.63, 3.8) is 0 Å². The van der Waals surface area contributed by atoms with Gasteiger partial charge in [0.15, 0.2) is 11.6 Å². The van der Waals surface area contributed by atoms with Crippen LogP contribution in [-0.4, -0.2) is 106 Å². The molecule has 0 saturated carbocycles. The summed E-state index contributed by atoms with van der Waals surface area (Å²) >= 11 is 0. The van der Waals surface area contributed by atoms with Crippen LogP contribution in [0.2, 0.25) is 0 Å². The van der Waals surface area contributed by atoms with E-state index in [1.165, 1.54) is 0 Å². The summed E-state index contributed by atoms with van der Waals surface area (Å²) in [6, 6.07) is 20.7. The number of carbonyl (C=O) groups excluding carboxylic acids is 5. The lowest BCUT2D eigenvalue weighted by molar-refractivity contribution is -0.136. The maximum Gasteiger partial charge on any atom is 0.264 e. The number of fused-ring (bicyclic) bond motifs is 2. The molecule has 3 fully saturated rings. The standard InChI is InChI=1S/C43H44N8O5/c1-25-36(26(2)52)37(28-7-4-3-5-8-28)39(44-25)40-45-31-12-11-29(23-32(31)46-40)49-21-19-48(20-22-49)24-27-15-17-50(18-16-27)33-10-6-9-30-38(33)43(56)51(42(30)55)34-13-14-35(53)47-41(34)54/h3-12,23,27,34,44H,13-22,24H2,1-2H3,(H,45,46)(H,47,53,54). The first kappa shape index (κ1) is 35.6. The van der Waals surface area contributed by atoms with Crippen LogP contribution in [0.3, 0.4) is 0 Å². The highest BCUT2D eigenvalue weighted by Gasteiger charge is 2.46. The molecule has 13 heteroatoms. The van der Waals surface area contributed by atoms with E-state index < -0.39 is 23.8 Å². The maximum atomic E-state index is 13.7. The van der Waals surface area contributed by atoms with Gasteiger partial charge in [0, 0.05) is 74.7 Å². The highest BCUT2D eigenvalue weighted by Crippen LogP contribution is 2.38. The largest absolute Gasteiger partial charge is 0.371 e. The first-order chi connectivity index (χ1) is 27.1. The third-order valence-electron chi connectivity index (χ3n) is 12.0. The number of hydrogen-bond donors (Lipinski definition) is 3. The molecule has 9 rings (SSSR count). The Morgan fingerprint density at radius 1 is 0.804 bits per heavy atom. The lowest BCUT2D eigenvalue weighted by Crippen LogP contribution is -2.54. The number of benzene rings is 3. The van der Waals surface area contributed by atoms with Crippen molar-refractivity contribution in [3.05, 3.63) is 89.1 Å². The number of Topliss-reactive ketones (excluding diaryl/α,β-unsaturated/α-hetero) is 1. The number of rotatable bonds is 8. The van der Waals surface area contributed by atoms with E-state index in [0.717, 1.165) is 108 Å². The van der Waals surface area contributed by atoms with E-state index in [1.54, 1.807) is 19.1 Å². The van der Waals surface area contributed by atoms with Crippen molar-refractivity contribution in [2.24, 2.45) is 5.92 Å². The number of ketones is 1. The second-order valence-electron chi connectivity index (χ2n) is 15.4. The van der Waals surface area contributed by atoms with Gasteiger partial charge in [0.05, 0.1) is 33.5 Å². The number of H-pyrrole nitrogens is 2. The quantitative estimate of drug-likeness (QED) is 0.144. The molecule has 1 unspecified atom stereocenters. The summed E-state index contributed by atoms with van der Waals surface area (Å²) in [4.78, 5) is 84.1. The normalized spacial score (nSPS) is 19.6. The van der Waals surface area contributed by atoms with Gasteiger partial charge in [-0.3, -0.25) is 39.1 Å². The smallest absolute Gasteiger partial charge is 0.264 e. The first-order valence-corrected chi connectivity index (χ1v) is 19.5. The predicted molar refractivity (Wildman–Crippen MR) is 213 cm³/mol. The number of carbonyl (C=O) groups is 5. The van der Waals surface area contributed by atoms with Crippen LogP contribution in [0.4, 0.5) is 11.4 Å². The van der Waals surface area contributed by atoms with Gasteiger partial charge < -0.3 is 19.8 Å². The Kier molecular flexibility index (Phi) is 9.03. The number of nitrogens with zero attached hydrogens (tertiary/aromatic N) is 5. The number of aromatic nitrogens is 3. The highest BCUT2D eigenvalue weighted by atomic mass is 16.2. The van der Waals surface area contributed by atoms with Crippen LogP contribution < -0.4 is 15.1 Å². The molecular formula is C43H44N8O5. The maximum absolute atomic E-state index is 13.7. The number of anilines is 2. The second-order valence-corrected chi connectivity index (χ2v) is 15.4. The molecule has 1 atom stereocenters. The molecule has 3 saturated heterocycles. The fourth-order valence-corrected chi connectivity index (χ4v) is 9.12. The van der Waals surface area contributed by atoms with Crippen LogP contribution in [0.5, 0.6) is 0 Å². The summed E-state index contributed by atoms with van der Waals surface area (Å²) in [5.41, 5.74) is 8.53.